The van der Waals surface area contributed by atoms with Crippen molar-refractivity contribution in [3.05, 3.63) is 28.0 Å². The van der Waals surface area contributed by atoms with E-state index >= 15 is 0 Å². The minimum Gasteiger partial charge on any atom is -0.472 e. The Morgan fingerprint density at radius 2 is 2.15 bits per heavy atom. The van der Waals surface area contributed by atoms with Crippen LogP contribution in [0.5, 0.6) is 5.88 Å². The number of allylic oxidation sites excluding steroid dienone is 2. The van der Waals surface area contributed by atoms with Crippen LogP contribution in [0.25, 0.3) is 0 Å². The number of nitrogens with zero attached hydrogens (tertiary/aromatic N) is 3. The molecule has 0 amide bonds. The normalized spacial score (nSPS) is 21.7. The molecule has 0 bridgehead atoms. The molecule has 2 unspecified atom stereocenters. The van der Waals surface area contributed by atoms with Crippen LogP contribution < -0.4 is 10.5 Å². The van der Waals surface area contributed by atoms with Gasteiger partial charge in [-0.15, -0.1) is 0 Å². The molecule has 1 aromatic rings. The largest absolute Gasteiger partial charge is 0.472 e. The lowest BCUT2D eigenvalue weighted by Gasteiger charge is -2.24. The topological polar surface area (TPSA) is 104 Å². The van der Waals surface area contributed by atoms with E-state index in [-0.39, 0.29) is 23.2 Å². The molecule has 0 aliphatic heterocycles. The number of nitrogens with two attached hydrogens (primary N) is 1. The smallest absolute Gasteiger partial charge is 0.352 e. The monoisotopic (exact) mass is 278 g/mol. The number of rotatable bonds is 4. The molecule has 2 atom stereocenters. The minimum atomic E-state index is -0.533. The number of nitrogen functional groups attached to an aromatic ring is 1. The number of hydrogen-bond donors (Lipinski definition) is 1. The van der Waals surface area contributed by atoms with Crippen molar-refractivity contribution < 1.29 is 9.66 Å². The molecule has 20 heavy (non-hydrogen) atoms. The Morgan fingerprint density at radius 1 is 1.45 bits per heavy atom. The van der Waals surface area contributed by atoms with E-state index in [1.807, 2.05) is 0 Å². The molecule has 7 nitrogen and oxygen atoms in total. The lowest BCUT2D eigenvalue weighted by Crippen LogP contribution is -2.22. The predicted octanol–water partition coefficient (Wildman–Crippen LogP) is 2.26. The quantitative estimate of drug-likeness (QED) is 0.514. The second kappa shape index (κ2) is 5.85. The van der Waals surface area contributed by atoms with Crippen molar-refractivity contribution >= 4 is 11.6 Å². The van der Waals surface area contributed by atoms with Crippen molar-refractivity contribution in [2.24, 2.45) is 11.8 Å². The average molecular weight is 278 g/mol. The van der Waals surface area contributed by atoms with Crippen molar-refractivity contribution in [1.29, 1.82) is 0 Å². The van der Waals surface area contributed by atoms with Gasteiger partial charge in [0.1, 0.15) is 5.69 Å². The Bertz CT molecular complexity index is 545. The molecule has 2 rings (SSSR count). The standard InChI is InChI=1S/C13H18N4O3/c1-8-5-3-4-6-10(8)7-20-12-11(17(18)19)9(2)15-13(14)16-12/h3-4,8,10H,5-7H2,1-2H3,(H2,14,15,16). The first-order chi connectivity index (χ1) is 9.49. The lowest BCUT2D eigenvalue weighted by atomic mass is 9.85. The molecule has 0 fully saturated rings. The van der Waals surface area contributed by atoms with Crippen LogP contribution in [0.3, 0.4) is 0 Å². The summed E-state index contributed by atoms with van der Waals surface area (Å²) < 4.78 is 5.56. The summed E-state index contributed by atoms with van der Waals surface area (Å²) in [6, 6.07) is 0. The van der Waals surface area contributed by atoms with Crippen LogP contribution in [0.15, 0.2) is 12.2 Å². The first-order valence-corrected chi connectivity index (χ1v) is 6.55. The van der Waals surface area contributed by atoms with E-state index in [2.05, 4.69) is 29.0 Å². The van der Waals surface area contributed by atoms with Crippen LogP contribution in [0.1, 0.15) is 25.5 Å². The van der Waals surface area contributed by atoms with E-state index in [0.29, 0.717) is 18.4 Å². The van der Waals surface area contributed by atoms with Gasteiger partial charge in [0, 0.05) is 0 Å². The summed E-state index contributed by atoms with van der Waals surface area (Å²) in [5, 5.41) is 11.1. The highest BCUT2D eigenvalue weighted by atomic mass is 16.6. The fraction of sp³-hybridized carbons (Fsp3) is 0.538. The summed E-state index contributed by atoms with van der Waals surface area (Å²) >= 11 is 0. The molecule has 0 radical (unpaired) electrons. The van der Waals surface area contributed by atoms with Crippen LogP contribution in [0.2, 0.25) is 0 Å². The molecule has 0 aromatic carbocycles. The summed E-state index contributed by atoms with van der Waals surface area (Å²) in [5.41, 5.74) is 5.54. The molecular formula is C13H18N4O3. The highest BCUT2D eigenvalue weighted by molar-refractivity contribution is 5.47. The highest BCUT2D eigenvalue weighted by Crippen LogP contribution is 2.30. The number of ether oxygens (including phenoxy) is 1. The molecule has 108 valence electrons. The summed E-state index contributed by atoms with van der Waals surface area (Å²) in [4.78, 5) is 18.2. The predicted molar refractivity (Wildman–Crippen MR) is 74.4 cm³/mol. The molecule has 1 aromatic heterocycles. The Hall–Kier alpha value is -2.18. The van der Waals surface area contributed by atoms with E-state index in [0.717, 1.165) is 12.8 Å². The van der Waals surface area contributed by atoms with Crippen molar-refractivity contribution in [3.63, 3.8) is 0 Å². The summed E-state index contributed by atoms with van der Waals surface area (Å²) in [6.07, 6.45) is 6.17. The van der Waals surface area contributed by atoms with Gasteiger partial charge in [-0.1, -0.05) is 19.1 Å². The van der Waals surface area contributed by atoms with E-state index in [9.17, 15) is 10.1 Å². The Labute approximate surface area is 117 Å². The fourth-order valence-electron chi connectivity index (χ4n) is 2.30. The summed E-state index contributed by atoms with van der Waals surface area (Å²) in [7, 11) is 0. The Morgan fingerprint density at radius 3 is 2.80 bits per heavy atom. The Balaban J connectivity index is 2.16. The third-order valence-electron chi connectivity index (χ3n) is 3.58. The van der Waals surface area contributed by atoms with Crippen molar-refractivity contribution in [3.8, 4) is 5.88 Å². The van der Waals surface area contributed by atoms with Crippen LogP contribution in [0.4, 0.5) is 11.6 Å². The number of hydrogen-bond acceptors (Lipinski definition) is 6. The van der Waals surface area contributed by atoms with Gasteiger partial charge in [-0.05, 0) is 31.6 Å². The van der Waals surface area contributed by atoms with E-state index in [4.69, 9.17) is 10.5 Å². The third-order valence-corrected chi connectivity index (χ3v) is 3.58. The summed E-state index contributed by atoms with van der Waals surface area (Å²) in [6.45, 7) is 4.06. The number of aromatic nitrogens is 2. The second-order valence-electron chi connectivity index (χ2n) is 5.07. The van der Waals surface area contributed by atoms with Crippen LogP contribution in [-0.4, -0.2) is 21.5 Å². The maximum absolute atomic E-state index is 11.1. The van der Waals surface area contributed by atoms with Crippen molar-refractivity contribution in [2.75, 3.05) is 12.3 Å². The highest BCUT2D eigenvalue weighted by Gasteiger charge is 2.25. The first kappa shape index (κ1) is 14.2. The molecule has 1 aliphatic carbocycles. The summed E-state index contributed by atoms with van der Waals surface area (Å²) in [5.74, 6) is 0.761. The van der Waals surface area contributed by atoms with Crippen LogP contribution >= 0.6 is 0 Å². The fourth-order valence-corrected chi connectivity index (χ4v) is 2.30. The zero-order valence-electron chi connectivity index (χ0n) is 11.6. The second-order valence-corrected chi connectivity index (χ2v) is 5.07. The lowest BCUT2D eigenvalue weighted by molar-refractivity contribution is -0.387. The molecule has 1 heterocycles. The van der Waals surface area contributed by atoms with Crippen molar-refractivity contribution in [1.82, 2.24) is 9.97 Å². The van der Waals surface area contributed by atoms with E-state index in [1.165, 1.54) is 6.92 Å². The van der Waals surface area contributed by atoms with Crippen LogP contribution in [-0.2, 0) is 0 Å². The number of anilines is 1. The first-order valence-electron chi connectivity index (χ1n) is 6.55. The van der Waals surface area contributed by atoms with Gasteiger partial charge in [0.05, 0.1) is 11.5 Å². The average Bonchev–Trinajstić information content (AvgIpc) is 2.36. The van der Waals surface area contributed by atoms with Crippen LogP contribution in [0, 0.1) is 28.9 Å². The Kier molecular flexibility index (Phi) is 4.16. The van der Waals surface area contributed by atoms with Gasteiger partial charge in [0.15, 0.2) is 0 Å². The molecule has 0 spiro atoms. The molecule has 1 aliphatic rings. The van der Waals surface area contributed by atoms with Crippen molar-refractivity contribution in [2.45, 2.75) is 26.7 Å². The van der Waals surface area contributed by atoms with Gasteiger partial charge >= 0.3 is 5.69 Å². The van der Waals surface area contributed by atoms with Gasteiger partial charge in [-0.2, -0.15) is 4.98 Å². The number of aryl methyl sites for hydroxylation is 1. The van der Waals surface area contributed by atoms with Gasteiger partial charge in [0.25, 0.3) is 5.88 Å². The van der Waals surface area contributed by atoms with Gasteiger partial charge in [-0.25, -0.2) is 4.98 Å². The maximum atomic E-state index is 11.1. The number of nitro groups is 1. The molecule has 0 saturated heterocycles. The van der Waals surface area contributed by atoms with E-state index in [1.54, 1.807) is 0 Å². The molecule has 2 N–H and O–H groups in total. The molecule has 0 saturated carbocycles. The third kappa shape index (κ3) is 3.04. The minimum absolute atomic E-state index is 0.0142. The molecular weight excluding hydrogens is 260 g/mol. The maximum Gasteiger partial charge on any atom is 0.352 e. The zero-order chi connectivity index (χ0) is 14.7. The van der Waals surface area contributed by atoms with Gasteiger partial charge in [-0.3, -0.25) is 10.1 Å². The van der Waals surface area contributed by atoms with E-state index < -0.39 is 4.92 Å². The SMILES string of the molecule is Cc1nc(N)nc(OCC2CC=CCC2C)c1[N+](=O)[O-]. The zero-order valence-corrected chi connectivity index (χ0v) is 11.6. The van der Waals surface area contributed by atoms with Gasteiger partial charge in [0.2, 0.25) is 5.95 Å². The van der Waals surface area contributed by atoms with Gasteiger partial charge < -0.3 is 10.5 Å². The molecule has 7 heteroatoms.